The Balaban J connectivity index is 3.47. The predicted octanol–water partition coefficient (Wildman–Crippen LogP) is 18.4. The monoisotopic (exact) mass is 942 g/mol. The van der Waals surface area contributed by atoms with Gasteiger partial charge in [-0.25, -0.2) is 0 Å². The van der Waals surface area contributed by atoms with Crippen molar-refractivity contribution < 1.29 is 24.5 Å². The van der Waals surface area contributed by atoms with E-state index in [-0.39, 0.29) is 18.5 Å². The van der Waals surface area contributed by atoms with Gasteiger partial charge in [0.05, 0.1) is 25.4 Å². The van der Waals surface area contributed by atoms with Gasteiger partial charge in [0, 0.05) is 12.8 Å². The minimum absolute atomic E-state index is 0.0104. The molecule has 2 atom stereocenters. The molecule has 0 radical (unpaired) electrons. The molecule has 0 aliphatic rings. The molecule has 0 spiro atoms. The maximum Gasteiger partial charge on any atom is 0.305 e. The average Bonchev–Trinajstić information content (AvgIpc) is 3.33. The summed E-state index contributed by atoms with van der Waals surface area (Å²) in [6, 6.07) is -0.639. The Morgan fingerprint density at radius 1 is 0.418 bits per heavy atom. The molecular formula is C61H115NO5. The van der Waals surface area contributed by atoms with Gasteiger partial charge in [0.15, 0.2) is 0 Å². The third-order valence-corrected chi connectivity index (χ3v) is 13.7. The molecule has 67 heavy (non-hydrogen) atoms. The van der Waals surface area contributed by atoms with E-state index >= 15 is 0 Å². The summed E-state index contributed by atoms with van der Waals surface area (Å²) in [5.41, 5.74) is 0. The van der Waals surface area contributed by atoms with Crippen LogP contribution in [0.4, 0.5) is 0 Å². The van der Waals surface area contributed by atoms with Crippen LogP contribution in [0.2, 0.25) is 0 Å². The molecule has 0 aromatic rings. The molecule has 1 amide bonds. The van der Waals surface area contributed by atoms with Crippen molar-refractivity contribution in [1.29, 1.82) is 0 Å². The number of esters is 1. The minimum Gasteiger partial charge on any atom is -0.466 e. The fourth-order valence-corrected chi connectivity index (χ4v) is 9.08. The Bertz CT molecular complexity index is 1090. The number of amides is 1. The molecule has 0 saturated heterocycles. The van der Waals surface area contributed by atoms with Gasteiger partial charge < -0.3 is 20.3 Å². The number of ether oxygens (including phenoxy) is 1. The van der Waals surface area contributed by atoms with Crippen LogP contribution in [-0.2, 0) is 14.3 Å². The zero-order valence-electron chi connectivity index (χ0n) is 44.9. The van der Waals surface area contributed by atoms with Crippen LogP contribution in [0.25, 0.3) is 0 Å². The highest BCUT2D eigenvalue weighted by Gasteiger charge is 2.18. The zero-order valence-corrected chi connectivity index (χ0v) is 44.9. The van der Waals surface area contributed by atoms with E-state index < -0.39 is 12.1 Å². The second kappa shape index (κ2) is 56.7. The molecule has 0 heterocycles. The van der Waals surface area contributed by atoms with E-state index in [2.05, 4.69) is 43.5 Å². The summed E-state index contributed by atoms with van der Waals surface area (Å²) >= 11 is 0. The molecule has 0 aliphatic heterocycles. The van der Waals surface area contributed by atoms with Crippen LogP contribution in [0.15, 0.2) is 36.5 Å². The van der Waals surface area contributed by atoms with E-state index in [1.54, 1.807) is 6.08 Å². The van der Waals surface area contributed by atoms with Crippen molar-refractivity contribution in [1.82, 2.24) is 5.32 Å². The Morgan fingerprint density at radius 2 is 0.746 bits per heavy atom. The van der Waals surface area contributed by atoms with Crippen LogP contribution >= 0.6 is 0 Å². The second-order valence-corrected chi connectivity index (χ2v) is 20.3. The first kappa shape index (κ1) is 65.1. The Hall–Kier alpha value is -1.92. The van der Waals surface area contributed by atoms with Gasteiger partial charge in [-0.2, -0.15) is 0 Å². The Kier molecular flexibility index (Phi) is 55.0. The van der Waals surface area contributed by atoms with E-state index in [9.17, 15) is 19.8 Å². The highest BCUT2D eigenvalue weighted by atomic mass is 16.5. The van der Waals surface area contributed by atoms with Gasteiger partial charge in [0.2, 0.25) is 5.91 Å². The molecule has 0 bridgehead atoms. The summed E-state index contributed by atoms with van der Waals surface area (Å²) in [5.74, 6) is -0.0897. The van der Waals surface area contributed by atoms with Crippen molar-refractivity contribution in [3.8, 4) is 0 Å². The molecule has 0 rings (SSSR count). The van der Waals surface area contributed by atoms with E-state index in [4.69, 9.17) is 4.74 Å². The van der Waals surface area contributed by atoms with E-state index in [1.807, 2.05) is 6.08 Å². The molecule has 0 aliphatic carbocycles. The molecule has 6 heteroatoms. The quantitative estimate of drug-likeness (QED) is 0.0321. The van der Waals surface area contributed by atoms with Crippen LogP contribution in [0, 0.1) is 0 Å². The first-order valence-electron chi connectivity index (χ1n) is 29.8. The number of hydrogen-bond acceptors (Lipinski definition) is 5. The van der Waals surface area contributed by atoms with Gasteiger partial charge in [0.25, 0.3) is 0 Å². The van der Waals surface area contributed by atoms with Crippen molar-refractivity contribution in [2.75, 3.05) is 13.2 Å². The minimum atomic E-state index is -0.854. The number of hydrogen-bond donors (Lipinski definition) is 3. The lowest BCUT2D eigenvalue weighted by molar-refractivity contribution is -0.143. The number of carbonyl (C=O) groups excluding carboxylic acids is 2. The molecule has 0 fully saturated rings. The summed E-state index contributed by atoms with van der Waals surface area (Å²) < 4.78 is 5.48. The third kappa shape index (κ3) is 53.3. The molecule has 394 valence electrons. The van der Waals surface area contributed by atoms with Crippen molar-refractivity contribution >= 4 is 11.9 Å². The lowest BCUT2D eigenvalue weighted by atomic mass is 10.0. The number of allylic oxidation sites excluding steroid dienone is 5. The average molecular weight is 943 g/mol. The van der Waals surface area contributed by atoms with Gasteiger partial charge in [-0.1, -0.05) is 275 Å². The maximum atomic E-state index is 12.5. The zero-order chi connectivity index (χ0) is 48.6. The molecule has 2 unspecified atom stereocenters. The highest BCUT2D eigenvalue weighted by Crippen LogP contribution is 2.17. The summed E-state index contributed by atoms with van der Waals surface area (Å²) in [4.78, 5) is 24.6. The molecule has 0 saturated carbocycles. The van der Waals surface area contributed by atoms with Crippen molar-refractivity contribution in [2.45, 2.75) is 328 Å². The summed E-state index contributed by atoms with van der Waals surface area (Å²) in [5, 5.41) is 23.1. The van der Waals surface area contributed by atoms with Crippen LogP contribution < -0.4 is 5.32 Å². The summed E-state index contributed by atoms with van der Waals surface area (Å²) in [6.07, 6.45) is 70.2. The topological polar surface area (TPSA) is 95.9 Å². The molecule has 3 N–H and O–H groups in total. The molecular weight excluding hydrogens is 827 g/mol. The number of unbranched alkanes of at least 4 members (excludes halogenated alkanes) is 40. The Labute approximate surface area is 417 Å². The SMILES string of the molecule is CCCCC/C=C\C/C=C\CCCCCCCCCCCC(=O)OCCCCCCCCCCCCCCCC(=O)NC(CO)C(O)/C=C/CCCCCCCCCCCCCCCCCC. The van der Waals surface area contributed by atoms with Gasteiger partial charge in [-0.05, 0) is 64.2 Å². The van der Waals surface area contributed by atoms with Crippen molar-refractivity contribution in [2.24, 2.45) is 0 Å². The van der Waals surface area contributed by atoms with Crippen molar-refractivity contribution in [3.05, 3.63) is 36.5 Å². The van der Waals surface area contributed by atoms with Crippen LogP contribution in [0.3, 0.4) is 0 Å². The first-order chi connectivity index (χ1) is 33.0. The Morgan fingerprint density at radius 3 is 1.16 bits per heavy atom. The number of aliphatic hydroxyl groups excluding tert-OH is 2. The fourth-order valence-electron chi connectivity index (χ4n) is 9.08. The second-order valence-electron chi connectivity index (χ2n) is 20.3. The standard InChI is InChI=1S/C61H115NO5/c1-3-5-7-9-11-13-15-17-19-21-23-25-27-31-35-39-43-47-51-55-61(66)67-56-52-48-44-40-36-32-28-30-34-38-42-46-50-54-60(65)62-58(57-63)59(64)53-49-45-41-37-33-29-26-24-22-20-18-16-14-12-10-8-6-4-2/h11,13,17,19,49,53,58-59,63-64H,3-10,12,14-16,18,20-48,50-52,54-57H2,1-2H3,(H,62,65)/b13-11-,19-17-,53-49+. The highest BCUT2D eigenvalue weighted by molar-refractivity contribution is 5.76. The summed E-state index contributed by atoms with van der Waals surface area (Å²) in [7, 11) is 0. The normalized spacial score (nSPS) is 12.8. The number of rotatable bonds is 55. The predicted molar refractivity (Wildman–Crippen MR) is 292 cm³/mol. The van der Waals surface area contributed by atoms with E-state index in [1.165, 1.54) is 225 Å². The lowest BCUT2D eigenvalue weighted by Crippen LogP contribution is -2.45. The van der Waals surface area contributed by atoms with Gasteiger partial charge in [-0.15, -0.1) is 0 Å². The summed E-state index contributed by atoms with van der Waals surface area (Å²) in [6.45, 7) is 4.86. The lowest BCUT2D eigenvalue weighted by Gasteiger charge is -2.20. The van der Waals surface area contributed by atoms with Gasteiger partial charge in [0.1, 0.15) is 0 Å². The van der Waals surface area contributed by atoms with E-state index in [0.29, 0.717) is 19.4 Å². The fraction of sp³-hybridized carbons (Fsp3) is 0.869. The molecule has 0 aromatic heterocycles. The maximum absolute atomic E-state index is 12.5. The third-order valence-electron chi connectivity index (χ3n) is 13.7. The van der Waals surface area contributed by atoms with Crippen LogP contribution in [-0.4, -0.2) is 47.4 Å². The number of nitrogens with one attached hydrogen (secondary N) is 1. The largest absolute Gasteiger partial charge is 0.466 e. The van der Waals surface area contributed by atoms with Gasteiger partial charge >= 0.3 is 5.97 Å². The van der Waals surface area contributed by atoms with E-state index in [0.717, 1.165) is 64.2 Å². The van der Waals surface area contributed by atoms with Crippen molar-refractivity contribution in [3.63, 3.8) is 0 Å². The number of carbonyl (C=O) groups is 2. The van der Waals surface area contributed by atoms with Crippen LogP contribution in [0.5, 0.6) is 0 Å². The first-order valence-corrected chi connectivity index (χ1v) is 29.8. The smallest absolute Gasteiger partial charge is 0.305 e. The number of aliphatic hydroxyl groups is 2. The molecule has 6 nitrogen and oxygen atoms in total. The van der Waals surface area contributed by atoms with Crippen LogP contribution in [0.1, 0.15) is 316 Å². The molecule has 0 aromatic carbocycles. The van der Waals surface area contributed by atoms with Gasteiger partial charge in [-0.3, -0.25) is 9.59 Å².